The molecule has 0 aliphatic carbocycles. The van der Waals surface area contributed by atoms with Gasteiger partial charge in [-0.1, -0.05) is 225 Å². The van der Waals surface area contributed by atoms with Crippen molar-refractivity contribution < 1.29 is 32.9 Å². The lowest BCUT2D eigenvalue weighted by atomic mass is 10.0. The number of unbranched alkanes of at least 4 members (excludes halogenated alkanes) is 16. The minimum absolute atomic E-state index is 0.0149. The van der Waals surface area contributed by atoms with Gasteiger partial charge in [-0.3, -0.25) is 9.36 Å². The summed E-state index contributed by atoms with van der Waals surface area (Å²) in [5.41, 5.74) is 0. The van der Waals surface area contributed by atoms with E-state index < -0.39 is 26.6 Å². The zero-order chi connectivity index (χ0) is 52.0. The maximum absolute atomic E-state index is 12.9. The SMILES string of the molecule is CC/C=C\C/C=C\C/C=C\C/C=C\C/C=C\C/C=C\C/C=C\C/C=C\CCCCCCCCCCCCCCCCC(=O)NC(COP(=O)([O-])OCC[N+](C)(C)C)C(O)/C=C/CC/C=C/CC/C=C/CC. The largest absolute Gasteiger partial charge is 0.756 e. The molecule has 0 saturated heterocycles. The van der Waals surface area contributed by atoms with Gasteiger partial charge >= 0.3 is 0 Å². The average Bonchev–Trinajstić information content (AvgIpc) is 3.33. The van der Waals surface area contributed by atoms with Crippen LogP contribution >= 0.6 is 7.82 Å². The van der Waals surface area contributed by atoms with Crippen molar-refractivity contribution in [3.63, 3.8) is 0 Å². The van der Waals surface area contributed by atoms with Gasteiger partial charge in [0.15, 0.2) is 0 Å². The fourth-order valence-corrected chi connectivity index (χ4v) is 7.99. The molecule has 8 nitrogen and oxygen atoms in total. The van der Waals surface area contributed by atoms with Crippen molar-refractivity contribution in [2.24, 2.45) is 0 Å². The Morgan fingerprint density at radius 2 is 0.831 bits per heavy atom. The van der Waals surface area contributed by atoms with Gasteiger partial charge in [0.05, 0.1) is 39.9 Å². The summed E-state index contributed by atoms with van der Waals surface area (Å²) in [6.45, 7) is 4.35. The molecule has 2 N–H and O–H groups in total. The van der Waals surface area contributed by atoms with Gasteiger partial charge in [-0.25, -0.2) is 0 Å². The summed E-state index contributed by atoms with van der Waals surface area (Å²) >= 11 is 0. The van der Waals surface area contributed by atoms with Gasteiger partial charge in [-0.15, -0.1) is 0 Å². The number of carbonyl (C=O) groups is 1. The smallest absolute Gasteiger partial charge is 0.268 e. The lowest BCUT2D eigenvalue weighted by Crippen LogP contribution is -2.45. The van der Waals surface area contributed by atoms with Gasteiger partial charge in [-0.2, -0.15) is 0 Å². The summed E-state index contributed by atoms with van der Waals surface area (Å²) in [4.78, 5) is 25.3. The molecule has 0 aliphatic heterocycles. The van der Waals surface area contributed by atoms with E-state index in [1.54, 1.807) is 6.08 Å². The van der Waals surface area contributed by atoms with Crippen LogP contribution in [-0.4, -0.2) is 68.5 Å². The van der Waals surface area contributed by atoms with E-state index in [1.165, 1.54) is 77.0 Å². The molecule has 0 saturated carbocycles. The number of phosphoric acid groups is 1. The molecule has 71 heavy (non-hydrogen) atoms. The minimum Gasteiger partial charge on any atom is -0.756 e. The maximum atomic E-state index is 12.9. The van der Waals surface area contributed by atoms with Gasteiger partial charge in [0.2, 0.25) is 5.91 Å². The minimum atomic E-state index is -4.61. The Morgan fingerprint density at radius 3 is 1.25 bits per heavy atom. The molecule has 404 valence electrons. The van der Waals surface area contributed by atoms with E-state index >= 15 is 0 Å². The van der Waals surface area contributed by atoms with Gasteiger partial charge in [0.1, 0.15) is 13.2 Å². The Bertz CT molecular complexity index is 1610. The first-order valence-corrected chi connectivity index (χ1v) is 29.5. The average molecular weight is 1010 g/mol. The van der Waals surface area contributed by atoms with E-state index in [2.05, 4.69) is 141 Å². The lowest BCUT2D eigenvalue weighted by Gasteiger charge is -2.29. The first-order valence-electron chi connectivity index (χ1n) is 28.0. The summed E-state index contributed by atoms with van der Waals surface area (Å²) in [6.07, 6.45) is 78.4. The second-order valence-electron chi connectivity index (χ2n) is 19.5. The van der Waals surface area contributed by atoms with Crippen molar-refractivity contribution in [1.29, 1.82) is 0 Å². The van der Waals surface area contributed by atoms with E-state index in [0.29, 0.717) is 17.4 Å². The van der Waals surface area contributed by atoms with Crippen LogP contribution in [0.1, 0.15) is 200 Å². The standard InChI is InChI=1S/C62H105N2O6P/c1-6-8-10-12-14-16-18-19-20-21-22-23-24-25-26-27-28-29-30-31-32-33-34-35-36-37-38-39-40-41-42-43-44-45-46-48-50-52-54-56-62(66)63-60(59-70-71(67,68)69-58-57-64(3,4)5)61(65)55-53-51-49-47-17-15-13-11-9-7-2/h8-11,14,16-17,19-20,22-23,25-26,28-29,31-32,34-35,47,53,55,60-61,65H,6-7,12-13,15,18,21,24,27,30,33,36-46,48-52,54,56-59H2,1-5H3,(H-,63,66,67,68)/b10-8-,11-9+,16-14-,20-19-,23-22-,26-25-,29-28-,32-31-,35-34-,47-17+,55-53+. The summed E-state index contributed by atoms with van der Waals surface area (Å²) in [7, 11) is 1.22. The summed E-state index contributed by atoms with van der Waals surface area (Å²) in [5, 5.41) is 13.7. The van der Waals surface area contributed by atoms with Crippen molar-refractivity contribution in [3.05, 3.63) is 134 Å². The molecule has 0 spiro atoms. The highest BCUT2D eigenvalue weighted by Crippen LogP contribution is 2.38. The molecule has 0 fully saturated rings. The normalized spacial score (nSPS) is 15.0. The van der Waals surface area contributed by atoms with Crippen molar-refractivity contribution in [1.82, 2.24) is 5.32 Å². The molecule has 0 heterocycles. The number of likely N-dealkylation sites (N-methyl/N-ethyl adjacent to an activating group) is 1. The van der Waals surface area contributed by atoms with Crippen LogP contribution in [0.25, 0.3) is 0 Å². The van der Waals surface area contributed by atoms with Crippen LogP contribution in [0.4, 0.5) is 0 Å². The summed E-state index contributed by atoms with van der Waals surface area (Å²) in [6, 6.07) is -0.916. The molecule has 3 unspecified atom stereocenters. The number of rotatable bonds is 49. The molecule has 0 aromatic heterocycles. The molecule has 0 radical (unpaired) electrons. The molecule has 0 rings (SSSR count). The fraction of sp³-hybridized carbons (Fsp3) is 0.629. The number of aliphatic hydroxyl groups is 1. The van der Waals surface area contributed by atoms with Crippen molar-refractivity contribution in [3.8, 4) is 0 Å². The van der Waals surface area contributed by atoms with Crippen LogP contribution < -0.4 is 10.2 Å². The van der Waals surface area contributed by atoms with Crippen LogP contribution in [0.5, 0.6) is 0 Å². The zero-order valence-electron chi connectivity index (χ0n) is 45.9. The van der Waals surface area contributed by atoms with Crippen molar-refractivity contribution >= 4 is 13.7 Å². The molecular formula is C62H105N2O6P. The quantitative estimate of drug-likeness (QED) is 0.0272. The van der Waals surface area contributed by atoms with Gasteiger partial charge < -0.3 is 28.8 Å². The predicted molar refractivity (Wildman–Crippen MR) is 306 cm³/mol. The monoisotopic (exact) mass is 1000 g/mol. The molecule has 0 bridgehead atoms. The number of quaternary nitrogens is 1. The van der Waals surface area contributed by atoms with Crippen LogP contribution in [-0.2, 0) is 18.4 Å². The van der Waals surface area contributed by atoms with E-state index in [0.717, 1.165) is 103 Å². The molecular weight excluding hydrogens is 900 g/mol. The number of carbonyl (C=O) groups excluding carboxylic acids is 1. The molecule has 9 heteroatoms. The summed E-state index contributed by atoms with van der Waals surface area (Å²) in [5.74, 6) is -0.220. The number of hydrogen-bond donors (Lipinski definition) is 2. The fourth-order valence-electron chi connectivity index (χ4n) is 7.27. The second-order valence-corrected chi connectivity index (χ2v) is 20.9. The maximum Gasteiger partial charge on any atom is 0.268 e. The highest BCUT2D eigenvalue weighted by atomic mass is 31.2. The highest BCUT2D eigenvalue weighted by molar-refractivity contribution is 7.45. The Kier molecular flexibility index (Phi) is 49.1. The highest BCUT2D eigenvalue weighted by Gasteiger charge is 2.23. The third-order valence-corrected chi connectivity index (χ3v) is 12.5. The Labute approximate surface area is 436 Å². The number of phosphoric ester groups is 1. The molecule has 0 aromatic carbocycles. The number of hydrogen-bond acceptors (Lipinski definition) is 6. The number of aliphatic hydroxyl groups excluding tert-OH is 1. The van der Waals surface area contributed by atoms with Crippen molar-refractivity contribution in [2.45, 2.75) is 212 Å². The first-order chi connectivity index (χ1) is 34.5. The van der Waals surface area contributed by atoms with E-state index in [4.69, 9.17) is 9.05 Å². The number of nitrogens with one attached hydrogen (secondary N) is 1. The van der Waals surface area contributed by atoms with E-state index in [9.17, 15) is 19.4 Å². The van der Waals surface area contributed by atoms with Crippen LogP contribution in [0.15, 0.2) is 134 Å². The Balaban J connectivity index is 4.00. The lowest BCUT2D eigenvalue weighted by molar-refractivity contribution is -0.870. The second kappa shape index (κ2) is 51.5. The van der Waals surface area contributed by atoms with Gasteiger partial charge in [0, 0.05) is 6.42 Å². The van der Waals surface area contributed by atoms with Crippen LogP contribution in [0, 0.1) is 0 Å². The zero-order valence-corrected chi connectivity index (χ0v) is 46.8. The predicted octanol–water partition coefficient (Wildman–Crippen LogP) is 16.5. The van der Waals surface area contributed by atoms with Gasteiger partial charge in [-0.05, 0) is 103 Å². The molecule has 1 amide bonds. The third-order valence-electron chi connectivity index (χ3n) is 11.6. The topological polar surface area (TPSA) is 108 Å². The molecule has 0 aromatic rings. The Morgan fingerprint density at radius 1 is 0.493 bits per heavy atom. The van der Waals surface area contributed by atoms with Crippen molar-refractivity contribution in [2.75, 3.05) is 40.9 Å². The van der Waals surface area contributed by atoms with E-state index in [-0.39, 0.29) is 12.5 Å². The summed E-state index contributed by atoms with van der Waals surface area (Å²) < 4.78 is 23.2. The molecule has 3 atom stereocenters. The third kappa shape index (κ3) is 54.3. The van der Waals surface area contributed by atoms with Crippen LogP contribution in [0.2, 0.25) is 0 Å². The van der Waals surface area contributed by atoms with E-state index in [1.807, 2.05) is 27.2 Å². The Hall–Kier alpha value is -3.36. The number of amides is 1. The number of nitrogens with zero attached hydrogens (tertiary/aromatic N) is 1. The van der Waals surface area contributed by atoms with Crippen LogP contribution in [0.3, 0.4) is 0 Å². The molecule has 0 aliphatic rings. The van der Waals surface area contributed by atoms with Gasteiger partial charge in [0.25, 0.3) is 7.82 Å². The first kappa shape index (κ1) is 67.6. The number of allylic oxidation sites excluding steroid dienone is 21.